The minimum atomic E-state index is -0.353. The van der Waals surface area contributed by atoms with E-state index in [9.17, 15) is 5.11 Å². The Hall–Kier alpha value is -1.77. The van der Waals surface area contributed by atoms with Crippen LogP contribution in [-0.4, -0.2) is 59.4 Å². The number of ether oxygens (including phenoxy) is 1. The highest BCUT2D eigenvalue weighted by Gasteiger charge is 2.27. The van der Waals surface area contributed by atoms with E-state index in [0.29, 0.717) is 30.7 Å². The zero-order valence-electron chi connectivity index (χ0n) is 17.4. The quantitative estimate of drug-likeness (QED) is 0.620. The van der Waals surface area contributed by atoms with E-state index >= 15 is 0 Å². The Balaban J connectivity index is 1.32. The standard InChI is InChI=1S/C23H27ClN4O2S/c24-17-3-4-18-19(14-17)25-21(26-23(18)28-9-11-30-12-10-28)15-27-7-5-16(6-8-27)22(29)20-2-1-13-31-20/h1-4,13-14,16,22,29H,5-12,15H2/t22-/m0/s1. The van der Waals surface area contributed by atoms with E-state index < -0.39 is 0 Å². The maximum atomic E-state index is 10.7. The van der Waals surface area contributed by atoms with Crippen molar-refractivity contribution in [3.63, 3.8) is 0 Å². The molecule has 2 aliphatic rings. The van der Waals surface area contributed by atoms with Gasteiger partial charge in [0.15, 0.2) is 0 Å². The first-order chi connectivity index (χ1) is 15.2. The van der Waals surface area contributed by atoms with Gasteiger partial charge in [0, 0.05) is 28.4 Å². The summed E-state index contributed by atoms with van der Waals surface area (Å²) in [5, 5.41) is 14.4. The van der Waals surface area contributed by atoms with E-state index in [4.69, 9.17) is 26.3 Å². The van der Waals surface area contributed by atoms with E-state index in [1.807, 2.05) is 35.7 Å². The third-order valence-corrected chi connectivity index (χ3v) is 7.45. The van der Waals surface area contributed by atoms with E-state index in [1.165, 1.54) is 0 Å². The molecule has 4 heterocycles. The van der Waals surface area contributed by atoms with Crippen molar-refractivity contribution < 1.29 is 9.84 Å². The first-order valence-electron chi connectivity index (χ1n) is 10.9. The molecule has 0 unspecified atom stereocenters. The Labute approximate surface area is 191 Å². The highest BCUT2D eigenvalue weighted by molar-refractivity contribution is 7.10. The normalized spacial score (nSPS) is 19.7. The maximum absolute atomic E-state index is 10.7. The highest BCUT2D eigenvalue weighted by Crippen LogP contribution is 2.33. The smallest absolute Gasteiger partial charge is 0.145 e. The Morgan fingerprint density at radius 2 is 1.94 bits per heavy atom. The van der Waals surface area contributed by atoms with Crippen molar-refractivity contribution in [2.45, 2.75) is 25.5 Å². The minimum absolute atomic E-state index is 0.315. The second kappa shape index (κ2) is 9.38. The van der Waals surface area contributed by atoms with Gasteiger partial charge in [-0.05, 0) is 61.5 Å². The molecule has 1 aromatic carbocycles. The number of likely N-dealkylation sites (tertiary alicyclic amines) is 1. The van der Waals surface area contributed by atoms with Crippen LogP contribution < -0.4 is 4.90 Å². The van der Waals surface area contributed by atoms with Crippen LogP contribution in [0.3, 0.4) is 0 Å². The van der Waals surface area contributed by atoms with Crippen molar-refractivity contribution in [2.75, 3.05) is 44.3 Å². The van der Waals surface area contributed by atoms with Crippen molar-refractivity contribution in [2.24, 2.45) is 5.92 Å². The van der Waals surface area contributed by atoms with Gasteiger partial charge in [-0.2, -0.15) is 0 Å². The van der Waals surface area contributed by atoms with Crippen molar-refractivity contribution >= 4 is 39.7 Å². The van der Waals surface area contributed by atoms with E-state index in [1.54, 1.807) is 11.3 Å². The predicted molar refractivity (Wildman–Crippen MR) is 125 cm³/mol. The first kappa shape index (κ1) is 21.1. The van der Waals surface area contributed by atoms with E-state index in [-0.39, 0.29) is 6.10 Å². The van der Waals surface area contributed by atoms with Gasteiger partial charge in [0.2, 0.25) is 0 Å². The number of morpholine rings is 1. The summed E-state index contributed by atoms with van der Waals surface area (Å²) in [7, 11) is 0. The van der Waals surface area contributed by atoms with Crippen LogP contribution in [0, 0.1) is 5.92 Å². The summed E-state index contributed by atoms with van der Waals surface area (Å²) in [6.45, 7) is 5.69. The lowest BCUT2D eigenvalue weighted by atomic mass is 9.90. The SMILES string of the molecule is O[C@H](c1cccs1)C1CCN(Cc2nc(N3CCOCC3)c3ccc(Cl)cc3n2)CC1. The number of nitrogens with zero attached hydrogens (tertiary/aromatic N) is 4. The zero-order chi connectivity index (χ0) is 21.2. The van der Waals surface area contributed by atoms with Crippen LogP contribution >= 0.6 is 22.9 Å². The number of piperidine rings is 1. The number of fused-ring (bicyclic) bond motifs is 1. The molecule has 8 heteroatoms. The van der Waals surface area contributed by atoms with Gasteiger partial charge in [0.1, 0.15) is 11.6 Å². The second-order valence-electron chi connectivity index (χ2n) is 8.30. The zero-order valence-corrected chi connectivity index (χ0v) is 19.0. The van der Waals surface area contributed by atoms with Gasteiger partial charge in [-0.25, -0.2) is 9.97 Å². The molecule has 0 saturated carbocycles. The molecule has 31 heavy (non-hydrogen) atoms. The molecule has 2 aliphatic heterocycles. The van der Waals surface area contributed by atoms with Crippen LogP contribution in [0.4, 0.5) is 5.82 Å². The molecule has 0 radical (unpaired) electrons. The minimum Gasteiger partial charge on any atom is -0.387 e. The van der Waals surface area contributed by atoms with Gasteiger partial charge >= 0.3 is 0 Å². The Morgan fingerprint density at radius 1 is 1.13 bits per heavy atom. The summed E-state index contributed by atoms with van der Waals surface area (Å²) in [4.78, 5) is 15.6. The van der Waals surface area contributed by atoms with Crippen LogP contribution in [0.15, 0.2) is 35.7 Å². The average Bonchev–Trinajstić information content (AvgIpc) is 3.34. The molecule has 2 fully saturated rings. The monoisotopic (exact) mass is 458 g/mol. The van der Waals surface area contributed by atoms with Gasteiger partial charge in [0.05, 0.1) is 31.4 Å². The molecule has 0 amide bonds. The Morgan fingerprint density at radius 3 is 2.68 bits per heavy atom. The molecule has 1 atom stereocenters. The Kier molecular flexibility index (Phi) is 6.39. The third-order valence-electron chi connectivity index (χ3n) is 6.27. The van der Waals surface area contributed by atoms with Gasteiger partial charge in [-0.15, -0.1) is 11.3 Å². The third kappa shape index (κ3) is 4.71. The predicted octanol–water partition coefficient (Wildman–Crippen LogP) is 4.13. The van der Waals surface area contributed by atoms with Crippen LogP contribution in [0.25, 0.3) is 10.9 Å². The molecule has 3 aromatic rings. The number of hydrogen-bond acceptors (Lipinski definition) is 7. The molecular formula is C23H27ClN4O2S. The topological polar surface area (TPSA) is 61.7 Å². The molecule has 1 N–H and O–H groups in total. The number of halogens is 1. The molecule has 6 nitrogen and oxygen atoms in total. The molecule has 0 spiro atoms. The second-order valence-corrected chi connectivity index (χ2v) is 9.71. The molecular weight excluding hydrogens is 432 g/mol. The number of thiophene rings is 1. The molecule has 0 aliphatic carbocycles. The number of benzene rings is 1. The fourth-order valence-corrected chi connectivity index (χ4v) is 5.51. The number of rotatable bonds is 5. The molecule has 0 bridgehead atoms. The average molecular weight is 459 g/mol. The van der Waals surface area contributed by atoms with Gasteiger partial charge in [0.25, 0.3) is 0 Å². The number of anilines is 1. The number of hydrogen-bond donors (Lipinski definition) is 1. The fraction of sp³-hybridized carbons (Fsp3) is 0.478. The molecule has 5 rings (SSSR count). The lowest BCUT2D eigenvalue weighted by Gasteiger charge is -2.34. The van der Waals surface area contributed by atoms with Gasteiger partial charge < -0.3 is 14.7 Å². The lowest BCUT2D eigenvalue weighted by Crippen LogP contribution is -2.38. The largest absolute Gasteiger partial charge is 0.387 e. The van der Waals surface area contributed by atoms with Crippen molar-refractivity contribution in [3.8, 4) is 0 Å². The summed E-state index contributed by atoms with van der Waals surface area (Å²) in [6, 6.07) is 9.89. The highest BCUT2D eigenvalue weighted by atomic mass is 35.5. The molecule has 2 aromatic heterocycles. The number of aromatic nitrogens is 2. The first-order valence-corrected chi connectivity index (χ1v) is 12.2. The van der Waals surface area contributed by atoms with E-state index in [2.05, 4.69) is 9.80 Å². The Bertz CT molecular complexity index is 1020. The van der Waals surface area contributed by atoms with Crippen molar-refractivity contribution in [1.82, 2.24) is 14.9 Å². The van der Waals surface area contributed by atoms with Crippen molar-refractivity contribution in [3.05, 3.63) is 51.4 Å². The van der Waals surface area contributed by atoms with Crippen molar-refractivity contribution in [1.29, 1.82) is 0 Å². The molecule has 2 saturated heterocycles. The number of aliphatic hydroxyl groups is 1. The summed E-state index contributed by atoms with van der Waals surface area (Å²) < 4.78 is 5.53. The van der Waals surface area contributed by atoms with Crippen LogP contribution in [0.5, 0.6) is 0 Å². The van der Waals surface area contributed by atoms with Crippen LogP contribution in [0.2, 0.25) is 5.02 Å². The fourth-order valence-electron chi connectivity index (χ4n) is 4.54. The van der Waals surface area contributed by atoms with Gasteiger partial charge in [-0.1, -0.05) is 17.7 Å². The maximum Gasteiger partial charge on any atom is 0.145 e. The summed E-state index contributed by atoms with van der Waals surface area (Å²) in [6.07, 6.45) is 1.61. The van der Waals surface area contributed by atoms with E-state index in [0.717, 1.165) is 66.4 Å². The van der Waals surface area contributed by atoms with Crippen LogP contribution in [0.1, 0.15) is 29.6 Å². The summed E-state index contributed by atoms with van der Waals surface area (Å²) in [5.41, 5.74) is 0.891. The van der Waals surface area contributed by atoms with Crippen LogP contribution in [-0.2, 0) is 11.3 Å². The number of aliphatic hydroxyl groups excluding tert-OH is 1. The summed E-state index contributed by atoms with van der Waals surface area (Å²) >= 11 is 7.90. The summed E-state index contributed by atoms with van der Waals surface area (Å²) in [5.74, 6) is 2.12. The molecule has 164 valence electrons. The van der Waals surface area contributed by atoms with Gasteiger partial charge in [-0.3, -0.25) is 4.90 Å². The lowest BCUT2D eigenvalue weighted by molar-refractivity contribution is 0.0584.